The van der Waals surface area contributed by atoms with Gasteiger partial charge < -0.3 is 10.2 Å². The third-order valence-corrected chi connectivity index (χ3v) is 5.81. The monoisotopic (exact) mass is 362 g/mol. The van der Waals surface area contributed by atoms with Crippen molar-refractivity contribution in [2.24, 2.45) is 5.92 Å². The molecule has 1 N–H and O–H groups in total. The fourth-order valence-corrected chi connectivity index (χ4v) is 3.98. The smallest absolute Gasteiger partial charge is 0.319 e. The zero-order valence-electron chi connectivity index (χ0n) is 14.4. The Hall–Kier alpha value is -1.63. The molecule has 2 saturated heterocycles. The molecule has 0 radical (unpaired) electrons. The molecule has 1 aromatic rings. The van der Waals surface area contributed by atoms with Gasteiger partial charge in [-0.3, -0.25) is 9.69 Å². The summed E-state index contributed by atoms with van der Waals surface area (Å²) < 4.78 is 0. The van der Waals surface area contributed by atoms with E-state index in [4.69, 9.17) is 11.6 Å². The second-order valence-electron chi connectivity index (χ2n) is 7.32. The maximum absolute atomic E-state index is 13.3. The first kappa shape index (κ1) is 16.8. The molecule has 7 heteroatoms. The highest BCUT2D eigenvalue weighted by atomic mass is 35.5. The molecule has 0 aromatic heterocycles. The van der Waals surface area contributed by atoms with Crippen molar-refractivity contribution in [1.29, 1.82) is 0 Å². The van der Waals surface area contributed by atoms with Crippen LogP contribution in [0.25, 0.3) is 0 Å². The Morgan fingerprint density at radius 1 is 1.12 bits per heavy atom. The molecule has 25 heavy (non-hydrogen) atoms. The summed E-state index contributed by atoms with van der Waals surface area (Å²) in [5.74, 6) is 0.0452. The normalized spacial score (nSPS) is 28.5. The second-order valence-corrected chi connectivity index (χ2v) is 7.75. The van der Waals surface area contributed by atoms with Crippen LogP contribution in [0.4, 0.5) is 4.79 Å². The number of hydrogen-bond donors (Lipinski definition) is 1. The predicted molar refractivity (Wildman–Crippen MR) is 95.2 cm³/mol. The zero-order chi connectivity index (χ0) is 17.6. The highest BCUT2D eigenvalue weighted by Crippen LogP contribution is 2.49. The third kappa shape index (κ3) is 2.92. The van der Waals surface area contributed by atoms with E-state index in [-0.39, 0.29) is 17.9 Å². The van der Waals surface area contributed by atoms with E-state index in [9.17, 15) is 9.59 Å². The molecule has 1 atom stereocenters. The number of rotatable bonds is 4. The van der Waals surface area contributed by atoms with Crippen LogP contribution in [0.5, 0.6) is 0 Å². The number of nitrogens with one attached hydrogen (secondary N) is 1. The van der Waals surface area contributed by atoms with E-state index in [1.54, 1.807) is 12.1 Å². The number of benzene rings is 1. The summed E-state index contributed by atoms with van der Waals surface area (Å²) in [4.78, 5) is 31.8. The molecule has 0 spiro atoms. The lowest BCUT2D eigenvalue weighted by Crippen LogP contribution is -2.51. The van der Waals surface area contributed by atoms with Gasteiger partial charge in [-0.05, 0) is 43.5 Å². The lowest BCUT2D eigenvalue weighted by molar-refractivity contribution is -0.134. The van der Waals surface area contributed by atoms with Crippen molar-refractivity contribution in [3.63, 3.8) is 0 Å². The number of carbonyl (C=O) groups excluding carboxylic acids is 2. The van der Waals surface area contributed by atoms with Gasteiger partial charge >= 0.3 is 6.03 Å². The molecule has 3 amide bonds. The summed E-state index contributed by atoms with van der Waals surface area (Å²) in [6.07, 6.45) is 1.91. The van der Waals surface area contributed by atoms with E-state index in [0.717, 1.165) is 44.6 Å². The lowest BCUT2D eigenvalue weighted by atomic mass is 9.85. The number of amides is 3. The summed E-state index contributed by atoms with van der Waals surface area (Å²) >= 11 is 6.00. The van der Waals surface area contributed by atoms with E-state index < -0.39 is 5.54 Å². The first-order valence-corrected chi connectivity index (χ1v) is 9.19. The van der Waals surface area contributed by atoms with Gasteiger partial charge in [0.1, 0.15) is 5.54 Å². The van der Waals surface area contributed by atoms with E-state index in [2.05, 4.69) is 22.2 Å². The van der Waals surface area contributed by atoms with E-state index in [1.807, 2.05) is 12.1 Å². The van der Waals surface area contributed by atoms with Gasteiger partial charge in [-0.25, -0.2) is 9.69 Å². The molecule has 1 saturated carbocycles. The number of halogens is 1. The fraction of sp³-hybridized carbons (Fsp3) is 0.556. The lowest BCUT2D eigenvalue weighted by Gasteiger charge is -2.34. The van der Waals surface area contributed by atoms with Gasteiger partial charge in [0, 0.05) is 31.2 Å². The van der Waals surface area contributed by atoms with E-state index in [1.165, 1.54) is 4.90 Å². The Morgan fingerprint density at radius 3 is 2.36 bits per heavy atom. The molecule has 134 valence electrons. The Balaban J connectivity index is 1.58. The number of piperazine rings is 1. The molecule has 4 rings (SSSR count). The van der Waals surface area contributed by atoms with Crippen molar-refractivity contribution in [2.45, 2.75) is 18.4 Å². The van der Waals surface area contributed by atoms with Gasteiger partial charge in [-0.15, -0.1) is 0 Å². The molecule has 1 aromatic carbocycles. The number of imide groups is 1. The third-order valence-electron chi connectivity index (χ3n) is 5.56. The average molecular weight is 363 g/mol. The Kier molecular flexibility index (Phi) is 4.22. The molecule has 1 unspecified atom stereocenters. The number of likely N-dealkylation sites (N-methyl/N-ethyl adjacent to an activating group) is 1. The minimum atomic E-state index is -0.922. The Morgan fingerprint density at radius 2 is 1.76 bits per heavy atom. The fourth-order valence-electron chi connectivity index (χ4n) is 3.85. The van der Waals surface area contributed by atoms with Crippen LogP contribution in [-0.2, 0) is 10.3 Å². The van der Waals surface area contributed by atoms with Crippen molar-refractivity contribution < 1.29 is 9.59 Å². The van der Waals surface area contributed by atoms with Crippen molar-refractivity contribution in [1.82, 2.24) is 20.0 Å². The SMILES string of the molecule is CN1CCN(CN2C(=O)NC(c3ccc(Cl)cc3)(C3CC3)C2=O)CC1. The summed E-state index contributed by atoms with van der Waals surface area (Å²) in [6, 6.07) is 6.99. The molecule has 2 aliphatic heterocycles. The minimum absolute atomic E-state index is 0.124. The van der Waals surface area contributed by atoms with Gasteiger partial charge in [0.2, 0.25) is 0 Å². The molecule has 0 bridgehead atoms. The second kappa shape index (κ2) is 6.27. The Bertz CT molecular complexity index is 683. The largest absolute Gasteiger partial charge is 0.326 e. The standard InChI is InChI=1S/C18H23ClN4O2/c1-21-8-10-22(11-9-21)12-23-16(24)18(13-2-3-13,20-17(23)25)14-4-6-15(19)7-5-14/h4-7,13H,2-3,8-12H2,1H3,(H,20,25). The van der Waals surface area contributed by atoms with Gasteiger partial charge in [0.25, 0.3) is 5.91 Å². The van der Waals surface area contributed by atoms with Crippen molar-refractivity contribution >= 4 is 23.5 Å². The summed E-state index contributed by atoms with van der Waals surface area (Å²) in [5.41, 5.74) is -0.0903. The quantitative estimate of drug-likeness (QED) is 0.828. The van der Waals surface area contributed by atoms with Crippen LogP contribution in [0.15, 0.2) is 24.3 Å². The zero-order valence-corrected chi connectivity index (χ0v) is 15.1. The summed E-state index contributed by atoms with van der Waals surface area (Å²) in [5, 5.41) is 3.65. The van der Waals surface area contributed by atoms with Crippen LogP contribution in [0.1, 0.15) is 18.4 Å². The van der Waals surface area contributed by atoms with Crippen LogP contribution in [-0.4, -0.2) is 66.5 Å². The number of urea groups is 1. The first-order valence-electron chi connectivity index (χ1n) is 8.82. The van der Waals surface area contributed by atoms with Crippen LogP contribution in [0.2, 0.25) is 5.02 Å². The van der Waals surface area contributed by atoms with Crippen LogP contribution in [0, 0.1) is 5.92 Å². The summed E-state index contributed by atoms with van der Waals surface area (Å²) in [7, 11) is 2.09. The maximum Gasteiger partial charge on any atom is 0.326 e. The van der Waals surface area contributed by atoms with Crippen LogP contribution < -0.4 is 5.32 Å². The average Bonchev–Trinajstić information content (AvgIpc) is 3.41. The molecular formula is C18H23ClN4O2. The number of carbonyl (C=O) groups is 2. The van der Waals surface area contributed by atoms with E-state index >= 15 is 0 Å². The van der Waals surface area contributed by atoms with Crippen molar-refractivity contribution in [3.8, 4) is 0 Å². The van der Waals surface area contributed by atoms with Crippen molar-refractivity contribution in [3.05, 3.63) is 34.9 Å². The first-order chi connectivity index (χ1) is 12.0. The number of nitrogens with zero attached hydrogens (tertiary/aromatic N) is 3. The highest BCUT2D eigenvalue weighted by molar-refractivity contribution is 6.30. The molecule has 3 aliphatic rings. The number of hydrogen-bond acceptors (Lipinski definition) is 4. The van der Waals surface area contributed by atoms with Crippen LogP contribution in [0.3, 0.4) is 0 Å². The molecule has 3 fully saturated rings. The van der Waals surface area contributed by atoms with Gasteiger partial charge in [-0.1, -0.05) is 23.7 Å². The highest BCUT2D eigenvalue weighted by Gasteiger charge is 2.60. The van der Waals surface area contributed by atoms with Crippen molar-refractivity contribution in [2.75, 3.05) is 39.9 Å². The van der Waals surface area contributed by atoms with Gasteiger partial charge in [-0.2, -0.15) is 0 Å². The van der Waals surface area contributed by atoms with Crippen LogP contribution >= 0.6 is 11.6 Å². The molecule has 1 aliphatic carbocycles. The molecule has 2 heterocycles. The topological polar surface area (TPSA) is 55.9 Å². The molecular weight excluding hydrogens is 340 g/mol. The summed E-state index contributed by atoms with van der Waals surface area (Å²) in [6.45, 7) is 4.00. The van der Waals surface area contributed by atoms with Gasteiger partial charge in [0.05, 0.1) is 6.67 Å². The van der Waals surface area contributed by atoms with Gasteiger partial charge in [0.15, 0.2) is 0 Å². The molecule has 6 nitrogen and oxygen atoms in total. The predicted octanol–water partition coefficient (Wildman–Crippen LogP) is 1.70. The maximum atomic E-state index is 13.3. The Labute approximate surface area is 152 Å². The minimum Gasteiger partial charge on any atom is -0.319 e. The van der Waals surface area contributed by atoms with E-state index in [0.29, 0.717) is 11.7 Å².